The molecule has 4 N–H and O–H groups in total. The van der Waals surface area contributed by atoms with E-state index in [1.54, 1.807) is 12.3 Å². The summed E-state index contributed by atoms with van der Waals surface area (Å²) < 4.78 is 0. The Kier molecular flexibility index (Phi) is 7.17. The second kappa shape index (κ2) is 5.68. The lowest BCUT2D eigenvalue weighted by Crippen LogP contribution is -2.06. The van der Waals surface area contributed by atoms with Crippen LogP contribution in [0.4, 0.5) is 5.82 Å². The zero-order chi connectivity index (χ0) is 5.11. The maximum atomic E-state index is 4.96. The number of hydrogen-bond donors (Lipinski definition) is 3. The first-order valence-corrected chi connectivity index (χ1v) is 1.90. The van der Waals surface area contributed by atoms with E-state index in [1.807, 2.05) is 0 Å². The molecule has 0 saturated heterocycles. The third-order valence-corrected chi connectivity index (χ3v) is 0.649. The lowest BCUT2D eigenvalue weighted by atomic mass is 10.7. The quantitative estimate of drug-likeness (QED) is 0.426. The molecular formula is C3H8Cl2N4. The number of rotatable bonds is 1. The number of anilines is 1. The molecule has 6 heteroatoms. The largest absolute Gasteiger partial charge is 0.307 e. The summed E-state index contributed by atoms with van der Waals surface area (Å²) in [4.78, 5) is 0. The Balaban J connectivity index is 0. The summed E-state index contributed by atoms with van der Waals surface area (Å²) in [5, 5.41) is 6.26. The zero-order valence-electron chi connectivity index (χ0n) is 4.50. The fourth-order valence-electron chi connectivity index (χ4n) is 0.341. The summed E-state index contributed by atoms with van der Waals surface area (Å²) in [7, 11) is 0. The van der Waals surface area contributed by atoms with Crippen LogP contribution in [0.1, 0.15) is 0 Å². The van der Waals surface area contributed by atoms with E-state index in [-0.39, 0.29) is 24.8 Å². The van der Waals surface area contributed by atoms with E-state index in [0.29, 0.717) is 5.82 Å². The molecule has 0 saturated carbocycles. The second-order valence-electron chi connectivity index (χ2n) is 1.10. The Morgan fingerprint density at radius 3 is 2.44 bits per heavy atom. The Hall–Kier alpha value is -0.450. The molecule has 0 spiro atoms. The molecule has 0 radical (unpaired) electrons. The number of halogens is 2. The topological polar surface area (TPSA) is 66.7 Å². The van der Waals surface area contributed by atoms with Gasteiger partial charge < -0.3 is 5.43 Å². The van der Waals surface area contributed by atoms with Crippen molar-refractivity contribution in [3.8, 4) is 0 Å². The molecule has 1 rings (SSSR count). The van der Waals surface area contributed by atoms with Gasteiger partial charge in [-0.1, -0.05) is 0 Å². The molecule has 0 unspecified atom stereocenters. The summed E-state index contributed by atoms with van der Waals surface area (Å²) >= 11 is 0. The number of aromatic amines is 1. The Labute approximate surface area is 65.0 Å². The summed E-state index contributed by atoms with van der Waals surface area (Å²) in [6, 6.07) is 1.74. The van der Waals surface area contributed by atoms with Gasteiger partial charge in [-0.05, 0) is 0 Å². The molecule has 0 amide bonds. The van der Waals surface area contributed by atoms with E-state index < -0.39 is 0 Å². The monoisotopic (exact) mass is 170 g/mol. The minimum atomic E-state index is 0. The molecule has 0 aliphatic carbocycles. The lowest BCUT2D eigenvalue weighted by Gasteiger charge is -1.84. The van der Waals surface area contributed by atoms with Crippen molar-refractivity contribution in [1.82, 2.24) is 10.2 Å². The highest BCUT2D eigenvalue weighted by Gasteiger charge is 1.81. The van der Waals surface area contributed by atoms with Crippen molar-refractivity contribution in [1.29, 1.82) is 0 Å². The van der Waals surface area contributed by atoms with Gasteiger partial charge in [0.05, 0.1) is 0 Å². The highest BCUT2D eigenvalue weighted by atomic mass is 35.5. The van der Waals surface area contributed by atoms with Gasteiger partial charge in [0.15, 0.2) is 5.82 Å². The van der Waals surface area contributed by atoms with Crippen LogP contribution in [0, 0.1) is 0 Å². The van der Waals surface area contributed by atoms with Crippen molar-refractivity contribution in [3.63, 3.8) is 0 Å². The van der Waals surface area contributed by atoms with Crippen LogP contribution in [-0.4, -0.2) is 10.2 Å². The van der Waals surface area contributed by atoms with E-state index in [1.165, 1.54) is 0 Å². The Bertz CT molecular complexity index is 128. The SMILES string of the molecule is Cl.Cl.NNc1cc[nH]n1. The number of nitrogen functional groups attached to an aromatic ring is 1. The average molecular weight is 171 g/mol. The van der Waals surface area contributed by atoms with E-state index in [2.05, 4.69) is 15.6 Å². The van der Waals surface area contributed by atoms with Crippen LogP contribution in [0.5, 0.6) is 0 Å². The van der Waals surface area contributed by atoms with Gasteiger partial charge in [0.1, 0.15) is 0 Å². The van der Waals surface area contributed by atoms with E-state index in [9.17, 15) is 0 Å². The number of hydrazine groups is 1. The van der Waals surface area contributed by atoms with Crippen LogP contribution >= 0.6 is 24.8 Å². The predicted octanol–water partition coefficient (Wildman–Crippen LogP) is 0.539. The van der Waals surface area contributed by atoms with Crippen molar-refractivity contribution < 1.29 is 0 Å². The van der Waals surface area contributed by atoms with Gasteiger partial charge in [0, 0.05) is 12.3 Å². The molecular weight excluding hydrogens is 163 g/mol. The molecule has 1 aromatic heterocycles. The average Bonchev–Trinajstić information content (AvgIpc) is 2.14. The standard InChI is InChI=1S/C3H6N4.2ClH/c4-6-3-1-2-5-7-3;;/h1-2H,4H2,(H2,5,6,7);2*1H. The number of H-pyrrole nitrogens is 1. The van der Waals surface area contributed by atoms with Crippen LogP contribution in [-0.2, 0) is 0 Å². The van der Waals surface area contributed by atoms with Crippen molar-refractivity contribution in [2.45, 2.75) is 0 Å². The molecule has 0 fully saturated rings. The molecule has 9 heavy (non-hydrogen) atoms. The summed E-state index contributed by atoms with van der Waals surface area (Å²) in [5.74, 6) is 5.61. The van der Waals surface area contributed by atoms with Crippen LogP contribution in [0.2, 0.25) is 0 Å². The Morgan fingerprint density at radius 2 is 2.22 bits per heavy atom. The van der Waals surface area contributed by atoms with Crippen molar-refractivity contribution in [3.05, 3.63) is 12.3 Å². The smallest absolute Gasteiger partial charge is 0.161 e. The van der Waals surface area contributed by atoms with Crippen molar-refractivity contribution in [2.24, 2.45) is 5.84 Å². The van der Waals surface area contributed by atoms with E-state index in [0.717, 1.165) is 0 Å². The lowest BCUT2D eigenvalue weighted by molar-refractivity contribution is 1.08. The predicted molar refractivity (Wildman–Crippen MR) is 40.9 cm³/mol. The molecule has 54 valence electrons. The molecule has 0 aliphatic heterocycles. The number of aromatic nitrogens is 2. The molecule has 0 aromatic carbocycles. The maximum Gasteiger partial charge on any atom is 0.161 e. The maximum absolute atomic E-state index is 4.96. The van der Waals surface area contributed by atoms with Gasteiger partial charge in [-0.15, -0.1) is 24.8 Å². The normalized spacial score (nSPS) is 6.78. The minimum Gasteiger partial charge on any atom is -0.307 e. The van der Waals surface area contributed by atoms with Gasteiger partial charge in [0.25, 0.3) is 0 Å². The third kappa shape index (κ3) is 3.18. The Morgan fingerprint density at radius 1 is 1.56 bits per heavy atom. The number of nitrogens with zero attached hydrogens (tertiary/aromatic N) is 1. The number of nitrogens with one attached hydrogen (secondary N) is 2. The first-order valence-electron chi connectivity index (χ1n) is 1.90. The fourth-order valence-corrected chi connectivity index (χ4v) is 0.341. The first kappa shape index (κ1) is 11.4. The second-order valence-corrected chi connectivity index (χ2v) is 1.10. The first-order chi connectivity index (χ1) is 3.43. The van der Waals surface area contributed by atoms with Gasteiger partial charge in [0.2, 0.25) is 0 Å². The van der Waals surface area contributed by atoms with E-state index >= 15 is 0 Å². The van der Waals surface area contributed by atoms with Crippen molar-refractivity contribution >= 4 is 30.6 Å². The molecule has 0 bridgehead atoms. The molecule has 1 aromatic rings. The molecule has 4 nitrogen and oxygen atoms in total. The fraction of sp³-hybridized carbons (Fsp3) is 0. The highest BCUT2D eigenvalue weighted by Crippen LogP contribution is 1.92. The number of hydrogen-bond acceptors (Lipinski definition) is 3. The minimum absolute atomic E-state index is 0. The summed E-state index contributed by atoms with van der Waals surface area (Å²) in [6.45, 7) is 0. The van der Waals surface area contributed by atoms with Gasteiger partial charge in [-0.25, -0.2) is 5.84 Å². The van der Waals surface area contributed by atoms with Gasteiger partial charge >= 0.3 is 0 Å². The molecule has 1 heterocycles. The van der Waals surface area contributed by atoms with Crippen LogP contribution in [0.3, 0.4) is 0 Å². The van der Waals surface area contributed by atoms with Crippen LogP contribution in [0.15, 0.2) is 12.3 Å². The molecule has 0 aliphatic rings. The highest BCUT2D eigenvalue weighted by molar-refractivity contribution is 5.85. The third-order valence-electron chi connectivity index (χ3n) is 0.649. The van der Waals surface area contributed by atoms with Gasteiger partial charge in [-0.3, -0.25) is 5.10 Å². The van der Waals surface area contributed by atoms with Crippen LogP contribution < -0.4 is 11.3 Å². The summed E-state index contributed by atoms with van der Waals surface area (Å²) in [5.41, 5.74) is 2.36. The van der Waals surface area contributed by atoms with Crippen LogP contribution in [0.25, 0.3) is 0 Å². The summed E-state index contributed by atoms with van der Waals surface area (Å²) in [6.07, 6.45) is 1.69. The van der Waals surface area contributed by atoms with Gasteiger partial charge in [-0.2, -0.15) is 5.10 Å². The van der Waals surface area contributed by atoms with Crippen molar-refractivity contribution in [2.75, 3.05) is 5.43 Å². The zero-order valence-corrected chi connectivity index (χ0v) is 6.13. The number of nitrogens with two attached hydrogens (primary N) is 1. The molecule has 0 atom stereocenters. The van der Waals surface area contributed by atoms with E-state index in [4.69, 9.17) is 5.84 Å².